The van der Waals surface area contributed by atoms with Gasteiger partial charge in [-0.3, -0.25) is 0 Å². The molecule has 0 amide bonds. The van der Waals surface area contributed by atoms with E-state index in [0.29, 0.717) is 0 Å². The molecule has 0 heterocycles. The number of ether oxygens (including phenoxy) is 1. The zero-order valence-corrected chi connectivity index (χ0v) is 10.3. The topological polar surface area (TPSA) is 26.3 Å². The maximum atomic E-state index is 11.0. The highest BCUT2D eigenvalue weighted by Crippen LogP contribution is 2.26. The van der Waals surface area contributed by atoms with Crippen LogP contribution in [0.2, 0.25) is 0 Å². The molecule has 0 spiro atoms. The van der Waals surface area contributed by atoms with Crippen molar-refractivity contribution in [3.05, 3.63) is 41.5 Å². The first-order chi connectivity index (χ1) is 7.45. The summed E-state index contributed by atoms with van der Waals surface area (Å²) < 4.78 is 4.57. The normalized spacial score (nSPS) is 11.8. The third-order valence-electron chi connectivity index (χ3n) is 2.37. The van der Waals surface area contributed by atoms with Crippen LogP contribution >= 0.6 is 0 Å². The predicted molar refractivity (Wildman–Crippen MR) is 66.2 cm³/mol. The van der Waals surface area contributed by atoms with Gasteiger partial charge in [-0.25, -0.2) is 4.79 Å². The zero-order chi connectivity index (χ0) is 12.2. The Morgan fingerprint density at radius 3 is 2.44 bits per heavy atom. The lowest BCUT2D eigenvalue weighted by Crippen LogP contribution is -2.12. The van der Waals surface area contributed by atoms with Crippen molar-refractivity contribution in [3.8, 4) is 0 Å². The minimum absolute atomic E-state index is 0.0665. The van der Waals surface area contributed by atoms with E-state index in [-0.39, 0.29) is 11.4 Å². The minimum atomic E-state index is -0.330. The summed E-state index contributed by atoms with van der Waals surface area (Å²) >= 11 is 0. The Morgan fingerprint density at radius 1 is 1.25 bits per heavy atom. The maximum absolute atomic E-state index is 11.0. The van der Waals surface area contributed by atoms with Gasteiger partial charge in [0.25, 0.3) is 0 Å². The van der Waals surface area contributed by atoms with Crippen LogP contribution in [-0.2, 0) is 14.9 Å². The Labute approximate surface area is 96.9 Å². The van der Waals surface area contributed by atoms with E-state index < -0.39 is 0 Å². The molecule has 86 valence electrons. The molecule has 2 heteroatoms. The van der Waals surface area contributed by atoms with Crippen LogP contribution in [0.15, 0.2) is 30.3 Å². The Bertz CT molecular complexity index is 397. The third-order valence-corrected chi connectivity index (χ3v) is 2.37. The lowest BCUT2D eigenvalue weighted by molar-refractivity contribution is -0.134. The van der Waals surface area contributed by atoms with Gasteiger partial charge < -0.3 is 4.74 Å². The quantitative estimate of drug-likeness (QED) is 0.563. The van der Waals surface area contributed by atoms with Crippen molar-refractivity contribution in [2.45, 2.75) is 26.2 Å². The highest BCUT2D eigenvalue weighted by atomic mass is 16.5. The summed E-state index contributed by atoms with van der Waals surface area (Å²) in [5.41, 5.74) is 2.34. The van der Waals surface area contributed by atoms with Crippen LogP contribution in [0.3, 0.4) is 0 Å². The molecule has 1 rings (SSSR count). The monoisotopic (exact) mass is 218 g/mol. The Balaban J connectivity index is 3.05. The SMILES string of the molecule is COC(=O)C=Cc1ccccc1C(C)(C)C. The number of hydrogen-bond acceptors (Lipinski definition) is 2. The van der Waals surface area contributed by atoms with Crippen molar-refractivity contribution in [3.63, 3.8) is 0 Å². The number of rotatable bonds is 2. The first-order valence-electron chi connectivity index (χ1n) is 5.30. The molecule has 0 N–H and O–H groups in total. The van der Waals surface area contributed by atoms with Crippen LogP contribution in [0.25, 0.3) is 6.08 Å². The molecule has 0 unspecified atom stereocenters. The molecule has 0 fully saturated rings. The predicted octanol–water partition coefficient (Wildman–Crippen LogP) is 3.17. The van der Waals surface area contributed by atoms with E-state index in [2.05, 4.69) is 31.6 Å². The van der Waals surface area contributed by atoms with Crippen LogP contribution < -0.4 is 0 Å². The third kappa shape index (κ3) is 3.23. The second-order valence-corrected chi connectivity index (χ2v) is 4.69. The van der Waals surface area contributed by atoms with Crippen molar-refractivity contribution in [2.24, 2.45) is 0 Å². The summed E-state index contributed by atoms with van der Waals surface area (Å²) in [5, 5.41) is 0. The lowest BCUT2D eigenvalue weighted by Gasteiger charge is -2.21. The van der Waals surface area contributed by atoms with Gasteiger partial charge in [0.1, 0.15) is 0 Å². The number of carbonyl (C=O) groups is 1. The smallest absolute Gasteiger partial charge is 0.330 e. The van der Waals surface area contributed by atoms with E-state index in [9.17, 15) is 4.79 Å². The second-order valence-electron chi connectivity index (χ2n) is 4.69. The molecule has 0 saturated heterocycles. The zero-order valence-electron chi connectivity index (χ0n) is 10.3. The van der Waals surface area contributed by atoms with Crippen molar-refractivity contribution >= 4 is 12.0 Å². The van der Waals surface area contributed by atoms with Crippen molar-refractivity contribution in [1.29, 1.82) is 0 Å². The van der Waals surface area contributed by atoms with Crippen LogP contribution in [-0.4, -0.2) is 13.1 Å². The van der Waals surface area contributed by atoms with E-state index in [0.717, 1.165) is 5.56 Å². The van der Waals surface area contributed by atoms with E-state index in [1.807, 2.05) is 18.2 Å². The van der Waals surface area contributed by atoms with Crippen LogP contribution in [0.4, 0.5) is 0 Å². The second kappa shape index (κ2) is 4.97. The summed E-state index contributed by atoms with van der Waals surface area (Å²) in [6, 6.07) is 8.05. The lowest BCUT2D eigenvalue weighted by atomic mass is 9.84. The van der Waals surface area contributed by atoms with Gasteiger partial charge in [-0.15, -0.1) is 0 Å². The average Bonchev–Trinajstić information content (AvgIpc) is 2.25. The van der Waals surface area contributed by atoms with Gasteiger partial charge in [0, 0.05) is 6.08 Å². The van der Waals surface area contributed by atoms with Gasteiger partial charge in [0.2, 0.25) is 0 Å². The maximum Gasteiger partial charge on any atom is 0.330 e. The van der Waals surface area contributed by atoms with Gasteiger partial charge in [-0.1, -0.05) is 45.0 Å². The van der Waals surface area contributed by atoms with E-state index in [1.54, 1.807) is 6.08 Å². The largest absolute Gasteiger partial charge is 0.466 e. The van der Waals surface area contributed by atoms with Gasteiger partial charge in [-0.2, -0.15) is 0 Å². The standard InChI is InChI=1S/C14H18O2/c1-14(2,3)12-8-6-5-7-11(12)9-10-13(15)16-4/h5-10H,1-4H3. The number of esters is 1. The van der Waals surface area contributed by atoms with Gasteiger partial charge in [0.05, 0.1) is 7.11 Å². The molecular formula is C14H18O2. The van der Waals surface area contributed by atoms with E-state index >= 15 is 0 Å². The molecule has 1 aromatic rings. The van der Waals surface area contributed by atoms with E-state index in [4.69, 9.17) is 0 Å². The molecule has 0 bridgehead atoms. The Morgan fingerprint density at radius 2 is 1.88 bits per heavy atom. The molecule has 0 aliphatic rings. The van der Waals surface area contributed by atoms with Crippen molar-refractivity contribution < 1.29 is 9.53 Å². The highest BCUT2D eigenvalue weighted by molar-refractivity contribution is 5.87. The van der Waals surface area contributed by atoms with Crippen LogP contribution in [0.1, 0.15) is 31.9 Å². The molecule has 0 aliphatic heterocycles. The van der Waals surface area contributed by atoms with Gasteiger partial charge in [-0.05, 0) is 22.6 Å². The summed E-state index contributed by atoms with van der Waals surface area (Å²) in [6.45, 7) is 6.45. The Kier molecular flexibility index (Phi) is 3.88. The number of hydrogen-bond donors (Lipinski definition) is 0. The fourth-order valence-corrected chi connectivity index (χ4v) is 1.55. The summed E-state index contributed by atoms with van der Waals surface area (Å²) in [7, 11) is 1.38. The first kappa shape index (κ1) is 12.5. The van der Waals surface area contributed by atoms with Gasteiger partial charge in [0.15, 0.2) is 0 Å². The number of benzene rings is 1. The molecule has 0 radical (unpaired) electrons. The molecule has 0 aliphatic carbocycles. The van der Waals surface area contributed by atoms with Crippen molar-refractivity contribution in [1.82, 2.24) is 0 Å². The number of methoxy groups -OCH3 is 1. The summed E-state index contributed by atoms with van der Waals surface area (Å²) in [4.78, 5) is 11.0. The molecule has 0 aromatic heterocycles. The van der Waals surface area contributed by atoms with Gasteiger partial charge >= 0.3 is 5.97 Å². The van der Waals surface area contributed by atoms with Crippen molar-refractivity contribution in [2.75, 3.05) is 7.11 Å². The first-order valence-corrected chi connectivity index (χ1v) is 5.30. The summed E-state index contributed by atoms with van der Waals surface area (Å²) in [6.07, 6.45) is 3.25. The fraction of sp³-hybridized carbons (Fsp3) is 0.357. The van der Waals surface area contributed by atoms with Crippen LogP contribution in [0.5, 0.6) is 0 Å². The van der Waals surface area contributed by atoms with Crippen LogP contribution in [0, 0.1) is 0 Å². The number of carbonyl (C=O) groups excluding carboxylic acids is 1. The fourth-order valence-electron chi connectivity index (χ4n) is 1.55. The van der Waals surface area contributed by atoms with E-state index in [1.165, 1.54) is 18.7 Å². The molecule has 0 saturated carbocycles. The molecular weight excluding hydrogens is 200 g/mol. The highest BCUT2D eigenvalue weighted by Gasteiger charge is 2.15. The Hall–Kier alpha value is -1.57. The minimum Gasteiger partial charge on any atom is -0.466 e. The molecule has 0 atom stereocenters. The molecule has 2 nitrogen and oxygen atoms in total. The molecule has 1 aromatic carbocycles. The molecule has 16 heavy (non-hydrogen) atoms. The summed E-state index contributed by atoms with van der Waals surface area (Å²) in [5.74, 6) is -0.330. The average molecular weight is 218 g/mol.